The van der Waals surface area contributed by atoms with Crippen molar-refractivity contribution in [1.29, 1.82) is 0 Å². The maximum absolute atomic E-state index is 12.4. The van der Waals surface area contributed by atoms with E-state index in [1.165, 1.54) is 0 Å². The number of benzene rings is 2. The monoisotopic (exact) mass is 352 g/mol. The van der Waals surface area contributed by atoms with Crippen LogP contribution >= 0.6 is 0 Å². The number of methoxy groups -OCH3 is 1. The first-order chi connectivity index (χ1) is 12.6. The SMILES string of the molecule is CCC(NC(=O)Cn1nnc2ccccc2c1=O)c1ccc(OC)cc1. The molecule has 0 saturated heterocycles. The molecule has 1 amide bonds. The number of ether oxygens (including phenoxy) is 1. The van der Waals surface area contributed by atoms with Gasteiger partial charge in [0, 0.05) is 0 Å². The van der Waals surface area contributed by atoms with Gasteiger partial charge in [0.2, 0.25) is 5.91 Å². The van der Waals surface area contributed by atoms with Crippen molar-refractivity contribution in [2.75, 3.05) is 7.11 Å². The van der Waals surface area contributed by atoms with Crippen LogP contribution in [0.25, 0.3) is 10.9 Å². The van der Waals surface area contributed by atoms with Crippen molar-refractivity contribution in [3.63, 3.8) is 0 Å². The molecule has 0 radical (unpaired) electrons. The summed E-state index contributed by atoms with van der Waals surface area (Å²) in [5.74, 6) is 0.465. The topological polar surface area (TPSA) is 86.1 Å². The van der Waals surface area contributed by atoms with Crippen molar-refractivity contribution in [2.45, 2.75) is 25.9 Å². The molecule has 0 aliphatic heterocycles. The summed E-state index contributed by atoms with van der Waals surface area (Å²) < 4.78 is 6.23. The number of fused-ring (bicyclic) bond motifs is 1. The lowest BCUT2D eigenvalue weighted by Crippen LogP contribution is -2.36. The zero-order chi connectivity index (χ0) is 18.5. The van der Waals surface area contributed by atoms with Gasteiger partial charge in [0.05, 0.1) is 18.5 Å². The van der Waals surface area contributed by atoms with E-state index in [1.807, 2.05) is 31.2 Å². The summed E-state index contributed by atoms with van der Waals surface area (Å²) in [5.41, 5.74) is 1.15. The van der Waals surface area contributed by atoms with Gasteiger partial charge in [0.25, 0.3) is 5.56 Å². The van der Waals surface area contributed by atoms with E-state index >= 15 is 0 Å². The van der Waals surface area contributed by atoms with Gasteiger partial charge < -0.3 is 10.1 Å². The second-order valence-electron chi connectivity index (χ2n) is 5.87. The second-order valence-corrected chi connectivity index (χ2v) is 5.87. The molecule has 1 atom stereocenters. The minimum atomic E-state index is -0.330. The third-order valence-corrected chi connectivity index (χ3v) is 4.18. The van der Waals surface area contributed by atoms with E-state index in [9.17, 15) is 9.59 Å². The van der Waals surface area contributed by atoms with Crippen LogP contribution in [0, 0.1) is 0 Å². The summed E-state index contributed by atoms with van der Waals surface area (Å²) in [4.78, 5) is 24.8. The molecular formula is C19H20N4O3. The molecule has 26 heavy (non-hydrogen) atoms. The third-order valence-electron chi connectivity index (χ3n) is 4.18. The standard InChI is InChI=1S/C19H20N4O3/c1-3-16(13-8-10-14(26-2)11-9-13)20-18(24)12-23-19(25)15-6-4-5-7-17(15)21-22-23/h4-11,16H,3,12H2,1-2H3,(H,20,24). The maximum atomic E-state index is 12.4. The summed E-state index contributed by atoms with van der Waals surface area (Å²) in [6.45, 7) is 1.81. The zero-order valence-electron chi connectivity index (χ0n) is 14.7. The molecule has 1 N–H and O–H groups in total. The second kappa shape index (κ2) is 7.77. The molecule has 3 rings (SSSR count). The number of nitrogens with one attached hydrogen (secondary N) is 1. The zero-order valence-corrected chi connectivity index (χ0v) is 14.7. The molecule has 7 nitrogen and oxygen atoms in total. The Morgan fingerprint density at radius 3 is 2.62 bits per heavy atom. The van der Waals surface area contributed by atoms with E-state index < -0.39 is 0 Å². The molecule has 0 aliphatic carbocycles. The Morgan fingerprint density at radius 2 is 1.92 bits per heavy atom. The normalized spacial score (nSPS) is 11.9. The molecule has 1 unspecified atom stereocenters. The molecule has 0 saturated carbocycles. The van der Waals surface area contributed by atoms with Crippen LogP contribution in [0.1, 0.15) is 24.9 Å². The van der Waals surface area contributed by atoms with Crippen LogP contribution in [0.5, 0.6) is 5.75 Å². The van der Waals surface area contributed by atoms with Crippen molar-refractivity contribution >= 4 is 16.8 Å². The minimum absolute atomic E-state index is 0.155. The van der Waals surface area contributed by atoms with E-state index in [0.717, 1.165) is 22.4 Å². The fourth-order valence-corrected chi connectivity index (χ4v) is 2.76. The molecule has 3 aromatic rings. The quantitative estimate of drug-likeness (QED) is 0.734. The van der Waals surface area contributed by atoms with Gasteiger partial charge in [-0.25, -0.2) is 4.68 Å². The Hall–Kier alpha value is -3.22. The van der Waals surface area contributed by atoms with Gasteiger partial charge in [-0.05, 0) is 36.2 Å². The number of nitrogens with zero attached hydrogens (tertiary/aromatic N) is 3. The summed E-state index contributed by atoms with van der Waals surface area (Å²) in [7, 11) is 1.61. The molecule has 7 heteroatoms. The first-order valence-electron chi connectivity index (χ1n) is 8.38. The summed E-state index contributed by atoms with van der Waals surface area (Å²) in [6.07, 6.45) is 0.719. The molecule has 1 heterocycles. The Labute approximate surface area is 150 Å². The highest BCUT2D eigenvalue weighted by Gasteiger charge is 2.15. The molecule has 0 fully saturated rings. The Morgan fingerprint density at radius 1 is 1.19 bits per heavy atom. The molecule has 0 spiro atoms. The summed E-state index contributed by atoms with van der Waals surface area (Å²) >= 11 is 0. The summed E-state index contributed by atoms with van der Waals surface area (Å²) in [6, 6.07) is 14.3. The van der Waals surface area contributed by atoms with Gasteiger partial charge in [-0.1, -0.05) is 36.4 Å². The molecule has 134 valence electrons. The number of carbonyl (C=O) groups is 1. The predicted molar refractivity (Wildman–Crippen MR) is 98.0 cm³/mol. The highest BCUT2D eigenvalue weighted by Crippen LogP contribution is 2.20. The van der Waals surface area contributed by atoms with Crippen LogP contribution in [0.15, 0.2) is 53.3 Å². The largest absolute Gasteiger partial charge is 0.497 e. The van der Waals surface area contributed by atoms with Gasteiger partial charge in [-0.15, -0.1) is 5.10 Å². The van der Waals surface area contributed by atoms with Crippen LogP contribution < -0.4 is 15.6 Å². The van der Waals surface area contributed by atoms with E-state index in [4.69, 9.17) is 4.74 Å². The summed E-state index contributed by atoms with van der Waals surface area (Å²) in [5, 5.41) is 11.2. The van der Waals surface area contributed by atoms with E-state index in [2.05, 4.69) is 15.6 Å². The van der Waals surface area contributed by atoms with Crippen molar-refractivity contribution < 1.29 is 9.53 Å². The van der Waals surface area contributed by atoms with Crippen molar-refractivity contribution in [3.8, 4) is 5.75 Å². The predicted octanol–water partition coefficient (Wildman–Crippen LogP) is 2.07. The van der Waals surface area contributed by atoms with Crippen molar-refractivity contribution in [2.24, 2.45) is 0 Å². The molecule has 0 bridgehead atoms. The molecular weight excluding hydrogens is 332 g/mol. The number of carbonyl (C=O) groups excluding carboxylic acids is 1. The third kappa shape index (κ3) is 3.72. The van der Waals surface area contributed by atoms with Gasteiger partial charge in [-0.2, -0.15) is 0 Å². The van der Waals surface area contributed by atoms with E-state index in [0.29, 0.717) is 10.9 Å². The lowest BCUT2D eigenvalue weighted by Gasteiger charge is -2.18. The van der Waals surface area contributed by atoms with Crippen LogP contribution in [-0.4, -0.2) is 28.0 Å². The van der Waals surface area contributed by atoms with Gasteiger partial charge >= 0.3 is 0 Å². The van der Waals surface area contributed by atoms with Gasteiger partial charge in [0.15, 0.2) is 0 Å². The number of rotatable bonds is 6. The van der Waals surface area contributed by atoms with Crippen LogP contribution in [0.2, 0.25) is 0 Å². The first kappa shape index (κ1) is 17.6. The first-order valence-corrected chi connectivity index (χ1v) is 8.38. The Kier molecular flexibility index (Phi) is 5.26. The van der Waals surface area contributed by atoms with E-state index in [1.54, 1.807) is 31.4 Å². The lowest BCUT2D eigenvalue weighted by atomic mass is 10.0. The smallest absolute Gasteiger partial charge is 0.278 e. The molecule has 2 aromatic carbocycles. The average molecular weight is 352 g/mol. The van der Waals surface area contributed by atoms with Crippen LogP contribution in [0.3, 0.4) is 0 Å². The average Bonchev–Trinajstić information content (AvgIpc) is 2.68. The number of aromatic nitrogens is 3. The van der Waals surface area contributed by atoms with Crippen molar-refractivity contribution in [1.82, 2.24) is 20.3 Å². The Bertz CT molecular complexity index is 966. The lowest BCUT2D eigenvalue weighted by molar-refractivity contribution is -0.122. The maximum Gasteiger partial charge on any atom is 0.278 e. The molecule has 0 aliphatic rings. The minimum Gasteiger partial charge on any atom is -0.497 e. The van der Waals surface area contributed by atoms with Crippen molar-refractivity contribution in [3.05, 3.63) is 64.4 Å². The van der Waals surface area contributed by atoms with Crippen LogP contribution in [0.4, 0.5) is 0 Å². The Balaban J connectivity index is 1.75. The molecule has 1 aromatic heterocycles. The fourth-order valence-electron chi connectivity index (χ4n) is 2.76. The number of hydrogen-bond acceptors (Lipinski definition) is 5. The van der Waals surface area contributed by atoms with Crippen LogP contribution in [-0.2, 0) is 11.3 Å². The van der Waals surface area contributed by atoms with Gasteiger partial charge in [0.1, 0.15) is 17.8 Å². The number of amides is 1. The highest BCUT2D eigenvalue weighted by molar-refractivity contribution is 5.78. The van der Waals surface area contributed by atoms with Gasteiger partial charge in [-0.3, -0.25) is 9.59 Å². The highest BCUT2D eigenvalue weighted by atomic mass is 16.5. The number of hydrogen-bond donors (Lipinski definition) is 1. The fraction of sp³-hybridized carbons (Fsp3) is 0.263. The van der Waals surface area contributed by atoms with E-state index in [-0.39, 0.29) is 24.1 Å².